The molecule has 0 aliphatic rings. The molecular weight excluding hydrogens is 188 g/mol. The van der Waals surface area contributed by atoms with Crippen LogP contribution in [0.3, 0.4) is 0 Å². The fourth-order valence-corrected chi connectivity index (χ4v) is 0.798. The lowest BCUT2D eigenvalue weighted by Crippen LogP contribution is -1.80. The highest BCUT2D eigenvalue weighted by Crippen LogP contribution is 2.00. The van der Waals surface area contributed by atoms with E-state index in [9.17, 15) is 0 Å². The Labute approximate surface area is 83.0 Å². The Kier molecular flexibility index (Phi) is 7.05. The van der Waals surface area contributed by atoms with Crippen LogP contribution in [0.2, 0.25) is 0 Å². The van der Waals surface area contributed by atoms with Crippen LogP contribution in [0.15, 0.2) is 30.3 Å². The second-order valence-corrected chi connectivity index (χ2v) is 2.54. The van der Waals surface area contributed by atoms with Crippen molar-refractivity contribution in [3.05, 3.63) is 35.9 Å². The maximum atomic E-state index is 9.00. The normalized spacial score (nSPS) is 8.46. The van der Waals surface area contributed by atoms with Crippen molar-refractivity contribution < 1.29 is 14.1 Å². The largest absolute Gasteiger partial charge is 0.481 e. The van der Waals surface area contributed by atoms with E-state index >= 15 is 0 Å². The van der Waals surface area contributed by atoms with Crippen molar-refractivity contribution >= 4 is 18.9 Å². The standard InChI is InChI=1S/C7H8OS.C2H4O2/c9-8-6-7-4-2-1-3-5-7;1-2(3)4/h1-5,9H,6H2;1H3,(H,3,4). The van der Waals surface area contributed by atoms with Gasteiger partial charge in [0.2, 0.25) is 0 Å². The molecule has 0 unspecified atom stereocenters. The van der Waals surface area contributed by atoms with Crippen molar-refractivity contribution in [2.24, 2.45) is 0 Å². The zero-order chi connectivity index (χ0) is 10.1. The summed E-state index contributed by atoms with van der Waals surface area (Å²) >= 11 is 3.63. The second kappa shape index (κ2) is 7.64. The number of hydrogen-bond donors (Lipinski definition) is 2. The third kappa shape index (κ3) is 8.91. The Morgan fingerprint density at radius 1 is 1.46 bits per heavy atom. The average molecular weight is 200 g/mol. The fraction of sp³-hybridized carbons (Fsp3) is 0.222. The van der Waals surface area contributed by atoms with Gasteiger partial charge in [-0.3, -0.25) is 4.79 Å². The van der Waals surface area contributed by atoms with Crippen LogP contribution < -0.4 is 0 Å². The zero-order valence-corrected chi connectivity index (χ0v) is 8.20. The molecule has 0 spiro atoms. The van der Waals surface area contributed by atoms with Gasteiger partial charge in [-0.05, 0) is 18.5 Å². The van der Waals surface area contributed by atoms with Gasteiger partial charge in [0, 0.05) is 6.92 Å². The van der Waals surface area contributed by atoms with Gasteiger partial charge in [0.15, 0.2) is 0 Å². The van der Waals surface area contributed by atoms with Gasteiger partial charge >= 0.3 is 0 Å². The molecule has 4 heteroatoms. The van der Waals surface area contributed by atoms with Crippen LogP contribution in [0.1, 0.15) is 12.5 Å². The number of benzene rings is 1. The zero-order valence-electron chi connectivity index (χ0n) is 7.30. The highest BCUT2D eigenvalue weighted by atomic mass is 32.1. The molecule has 13 heavy (non-hydrogen) atoms. The number of thiol groups is 1. The van der Waals surface area contributed by atoms with Gasteiger partial charge in [0.25, 0.3) is 5.97 Å². The third-order valence-corrected chi connectivity index (χ3v) is 1.20. The van der Waals surface area contributed by atoms with Gasteiger partial charge in [0.1, 0.15) is 0 Å². The first-order valence-corrected chi connectivity index (χ1v) is 4.03. The highest BCUT2D eigenvalue weighted by molar-refractivity contribution is 7.75. The van der Waals surface area contributed by atoms with E-state index in [0.29, 0.717) is 6.61 Å². The molecule has 0 aliphatic heterocycles. The summed E-state index contributed by atoms with van der Waals surface area (Å²) in [7, 11) is 0. The molecule has 0 saturated heterocycles. The molecule has 1 aromatic carbocycles. The first kappa shape index (κ1) is 12.0. The molecule has 72 valence electrons. The lowest BCUT2D eigenvalue weighted by molar-refractivity contribution is -0.134. The van der Waals surface area contributed by atoms with Crippen LogP contribution in [0, 0.1) is 0 Å². The number of carboxylic acids is 1. The predicted molar refractivity (Wildman–Crippen MR) is 53.5 cm³/mol. The van der Waals surface area contributed by atoms with Gasteiger partial charge in [-0.2, -0.15) is 0 Å². The van der Waals surface area contributed by atoms with Gasteiger partial charge < -0.3 is 9.29 Å². The molecule has 0 radical (unpaired) electrons. The minimum absolute atomic E-state index is 0.573. The summed E-state index contributed by atoms with van der Waals surface area (Å²) in [5, 5.41) is 7.42. The summed E-state index contributed by atoms with van der Waals surface area (Å²) in [6.45, 7) is 1.66. The predicted octanol–water partition coefficient (Wildman–Crippen LogP) is 2.14. The molecule has 0 aromatic heterocycles. The van der Waals surface area contributed by atoms with E-state index in [1.807, 2.05) is 30.3 Å². The van der Waals surface area contributed by atoms with E-state index in [-0.39, 0.29) is 0 Å². The quantitative estimate of drug-likeness (QED) is 0.568. The topological polar surface area (TPSA) is 46.5 Å². The van der Waals surface area contributed by atoms with Crippen molar-refractivity contribution in [3.8, 4) is 0 Å². The van der Waals surface area contributed by atoms with Crippen molar-refractivity contribution in [1.29, 1.82) is 0 Å². The summed E-state index contributed by atoms with van der Waals surface area (Å²) in [4.78, 5) is 9.00. The Hall–Kier alpha value is -1.00. The minimum atomic E-state index is -0.833. The molecule has 0 heterocycles. The molecule has 0 saturated carbocycles. The first-order valence-electron chi connectivity index (χ1n) is 3.66. The summed E-state index contributed by atoms with van der Waals surface area (Å²) in [6, 6.07) is 9.92. The van der Waals surface area contributed by atoms with Crippen LogP contribution >= 0.6 is 12.9 Å². The summed E-state index contributed by atoms with van der Waals surface area (Å²) in [5.41, 5.74) is 1.15. The molecule has 0 fully saturated rings. The van der Waals surface area contributed by atoms with E-state index in [1.54, 1.807) is 0 Å². The van der Waals surface area contributed by atoms with E-state index < -0.39 is 5.97 Å². The molecule has 1 aromatic rings. The maximum Gasteiger partial charge on any atom is 0.300 e. The average Bonchev–Trinajstić information content (AvgIpc) is 2.06. The first-order chi connectivity index (χ1) is 6.16. The van der Waals surface area contributed by atoms with Crippen LogP contribution in [-0.4, -0.2) is 11.1 Å². The van der Waals surface area contributed by atoms with Crippen LogP contribution in [-0.2, 0) is 15.6 Å². The molecule has 0 bridgehead atoms. The summed E-state index contributed by atoms with van der Waals surface area (Å²) < 4.78 is 4.62. The van der Waals surface area contributed by atoms with Gasteiger partial charge in [-0.25, -0.2) is 0 Å². The Balaban J connectivity index is 0.000000310. The van der Waals surface area contributed by atoms with Crippen molar-refractivity contribution in [1.82, 2.24) is 0 Å². The third-order valence-electron chi connectivity index (χ3n) is 1.07. The number of aliphatic carboxylic acids is 1. The molecular formula is C9H12O3S. The highest BCUT2D eigenvalue weighted by Gasteiger charge is 1.85. The summed E-state index contributed by atoms with van der Waals surface area (Å²) in [6.07, 6.45) is 0. The smallest absolute Gasteiger partial charge is 0.300 e. The van der Waals surface area contributed by atoms with Crippen molar-refractivity contribution in [2.45, 2.75) is 13.5 Å². The summed E-state index contributed by atoms with van der Waals surface area (Å²) in [5.74, 6) is -0.833. The van der Waals surface area contributed by atoms with Gasteiger partial charge in [-0.15, -0.1) is 0 Å². The number of rotatable bonds is 2. The van der Waals surface area contributed by atoms with E-state index in [0.717, 1.165) is 12.5 Å². The maximum absolute atomic E-state index is 9.00. The van der Waals surface area contributed by atoms with Crippen LogP contribution in [0.5, 0.6) is 0 Å². The molecule has 0 aliphatic carbocycles. The number of carbonyl (C=O) groups is 1. The number of carboxylic acid groups (broad SMARTS) is 1. The Bertz CT molecular complexity index is 232. The minimum Gasteiger partial charge on any atom is -0.481 e. The second-order valence-electron chi connectivity index (χ2n) is 2.28. The van der Waals surface area contributed by atoms with Crippen LogP contribution in [0.25, 0.3) is 0 Å². The fourth-order valence-electron chi connectivity index (χ4n) is 0.649. The molecule has 1 N–H and O–H groups in total. The lowest BCUT2D eigenvalue weighted by Gasteiger charge is -1.94. The van der Waals surface area contributed by atoms with Crippen LogP contribution in [0.4, 0.5) is 0 Å². The van der Waals surface area contributed by atoms with Crippen molar-refractivity contribution in [3.63, 3.8) is 0 Å². The molecule has 3 nitrogen and oxygen atoms in total. The Morgan fingerprint density at radius 2 is 1.92 bits per heavy atom. The van der Waals surface area contributed by atoms with E-state index in [4.69, 9.17) is 9.90 Å². The molecule has 0 amide bonds. The van der Waals surface area contributed by atoms with Crippen molar-refractivity contribution in [2.75, 3.05) is 0 Å². The monoisotopic (exact) mass is 200 g/mol. The van der Waals surface area contributed by atoms with E-state index in [1.165, 1.54) is 0 Å². The van der Waals surface area contributed by atoms with Gasteiger partial charge in [0.05, 0.1) is 6.61 Å². The number of hydrogen-bond acceptors (Lipinski definition) is 3. The molecule has 0 atom stereocenters. The lowest BCUT2D eigenvalue weighted by atomic mass is 10.2. The SMILES string of the molecule is CC(=O)O.SOCc1ccccc1. The van der Waals surface area contributed by atoms with Gasteiger partial charge in [-0.1, -0.05) is 30.3 Å². The van der Waals surface area contributed by atoms with E-state index in [2.05, 4.69) is 17.1 Å². The molecule has 1 rings (SSSR count). The Morgan fingerprint density at radius 3 is 2.31 bits per heavy atom.